The SMILES string of the molecule is O=P1(c2ccccc2)c2ccccc2N(c2ccccc2)c2cc3c(cc21)P(=O)(c1ccccc1)c1ccccc1N3c1ccccc1. The molecule has 9 rings (SSSR count). The first-order chi connectivity index (χ1) is 23.6. The van der Waals surface area contributed by atoms with E-state index in [1.54, 1.807) is 0 Å². The molecule has 0 fully saturated rings. The van der Waals surface area contributed by atoms with Crippen molar-refractivity contribution in [1.82, 2.24) is 0 Å². The zero-order valence-electron chi connectivity index (χ0n) is 25.9. The molecule has 0 amide bonds. The molecular weight excluding hydrogens is 626 g/mol. The molecule has 0 bridgehead atoms. The summed E-state index contributed by atoms with van der Waals surface area (Å²) in [4.78, 5) is 4.42. The Bertz CT molecular complexity index is 2250. The van der Waals surface area contributed by atoms with Gasteiger partial charge in [0.15, 0.2) is 14.3 Å². The second kappa shape index (κ2) is 11.1. The van der Waals surface area contributed by atoms with E-state index < -0.39 is 14.3 Å². The average Bonchev–Trinajstić information content (AvgIpc) is 3.16. The van der Waals surface area contributed by atoms with Crippen molar-refractivity contribution in [2.75, 3.05) is 9.80 Å². The van der Waals surface area contributed by atoms with Crippen molar-refractivity contribution >= 4 is 80.2 Å². The van der Waals surface area contributed by atoms with Crippen LogP contribution in [0.1, 0.15) is 0 Å². The Morgan fingerprint density at radius 3 is 1.04 bits per heavy atom. The third-order valence-corrected chi connectivity index (χ3v) is 15.7. The summed E-state index contributed by atoms with van der Waals surface area (Å²) in [6, 6.07) is 60.1. The highest BCUT2D eigenvalue weighted by Crippen LogP contribution is 2.59. The Hall–Kier alpha value is -5.40. The Kier molecular flexibility index (Phi) is 6.66. The molecular formula is C42H30N2O2P2. The summed E-state index contributed by atoms with van der Waals surface area (Å²) in [7, 11) is -6.91. The van der Waals surface area contributed by atoms with Gasteiger partial charge in [-0.3, -0.25) is 0 Å². The van der Waals surface area contributed by atoms with Crippen LogP contribution < -0.4 is 41.6 Å². The van der Waals surface area contributed by atoms with Gasteiger partial charge in [-0.05, 0) is 60.7 Å². The van der Waals surface area contributed by atoms with Gasteiger partial charge in [0.25, 0.3) is 0 Å². The first-order valence-corrected chi connectivity index (χ1v) is 19.4. The predicted molar refractivity (Wildman–Crippen MR) is 202 cm³/mol. The average molecular weight is 657 g/mol. The van der Waals surface area contributed by atoms with Crippen LogP contribution in [0.2, 0.25) is 0 Å². The number of fused-ring (bicyclic) bond motifs is 4. The molecule has 0 saturated heterocycles. The highest BCUT2D eigenvalue weighted by molar-refractivity contribution is 7.87. The molecule has 2 atom stereocenters. The van der Waals surface area contributed by atoms with Crippen LogP contribution >= 0.6 is 14.3 Å². The summed E-state index contributed by atoms with van der Waals surface area (Å²) < 4.78 is 32.3. The maximum absolute atomic E-state index is 16.2. The number of nitrogens with zero attached hydrogens (tertiary/aromatic N) is 2. The minimum atomic E-state index is -3.46. The largest absolute Gasteiger partial charge is 0.309 e. The van der Waals surface area contributed by atoms with Crippen LogP contribution in [0.4, 0.5) is 34.1 Å². The molecule has 0 N–H and O–H groups in total. The topological polar surface area (TPSA) is 40.6 Å². The molecule has 7 aromatic rings. The number of benzene rings is 7. The van der Waals surface area contributed by atoms with Crippen LogP contribution in [0.15, 0.2) is 182 Å². The monoisotopic (exact) mass is 656 g/mol. The van der Waals surface area contributed by atoms with Crippen LogP contribution in [0, 0.1) is 0 Å². The first kappa shape index (κ1) is 28.8. The zero-order valence-corrected chi connectivity index (χ0v) is 27.7. The van der Waals surface area contributed by atoms with Crippen molar-refractivity contribution in [2.45, 2.75) is 0 Å². The number of anilines is 6. The van der Waals surface area contributed by atoms with Gasteiger partial charge in [-0.15, -0.1) is 0 Å². The summed E-state index contributed by atoms with van der Waals surface area (Å²) in [5, 5.41) is 4.38. The molecule has 2 unspecified atom stereocenters. The Morgan fingerprint density at radius 1 is 0.312 bits per heavy atom. The molecule has 0 aromatic heterocycles. The van der Waals surface area contributed by atoms with Crippen molar-refractivity contribution in [1.29, 1.82) is 0 Å². The Labute approximate surface area is 280 Å². The number of rotatable bonds is 4. The molecule has 2 aliphatic heterocycles. The lowest BCUT2D eigenvalue weighted by atomic mass is 10.1. The molecule has 0 saturated carbocycles. The fourth-order valence-electron chi connectivity index (χ4n) is 7.32. The van der Waals surface area contributed by atoms with E-state index in [2.05, 4.69) is 52.3 Å². The van der Waals surface area contributed by atoms with E-state index in [4.69, 9.17) is 0 Å². The van der Waals surface area contributed by atoms with E-state index in [0.29, 0.717) is 10.6 Å². The van der Waals surface area contributed by atoms with Gasteiger partial charge >= 0.3 is 0 Å². The molecule has 0 aliphatic carbocycles. The Morgan fingerprint density at radius 2 is 0.646 bits per heavy atom. The lowest BCUT2D eigenvalue weighted by Crippen LogP contribution is -2.42. The van der Waals surface area contributed by atoms with Crippen LogP contribution in [0.25, 0.3) is 0 Å². The van der Waals surface area contributed by atoms with Gasteiger partial charge in [-0.2, -0.15) is 0 Å². The van der Waals surface area contributed by atoms with Crippen molar-refractivity contribution < 1.29 is 9.13 Å². The summed E-state index contributed by atoms with van der Waals surface area (Å²) in [5.74, 6) is 0. The molecule has 0 spiro atoms. The van der Waals surface area contributed by atoms with Gasteiger partial charge in [0.05, 0.1) is 22.7 Å². The minimum absolute atomic E-state index is 0.679. The van der Waals surface area contributed by atoms with Gasteiger partial charge in [0.1, 0.15) is 0 Å². The summed E-state index contributed by atoms with van der Waals surface area (Å²) in [6.45, 7) is 0. The lowest BCUT2D eigenvalue weighted by Gasteiger charge is -2.42. The minimum Gasteiger partial charge on any atom is -0.309 e. The quantitative estimate of drug-likeness (QED) is 0.178. The molecule has 48 heavy (non-hydrogen) atoms. The predicted octanol–water partition coefficient (Wildman–Crippen LogP) is 8.53. The molecule has 0 radical (unpaired) electrons. The third-order valence-electron chi connectivity index (χ3n) is 9.42. The number of para-hydroxylation sites is 4. The van der Waals surface area contributed by atoms with Gasteiger partial charge in [-0.1, -0.05) is 121 Å². The maximum Gasteiger partial charge on any atom is 0.175 e. The van der Waals surface area contributed by atoms with Gasteiger partial charge < -0.3 is 18.9 Å². The van der Waals surface area contributed by atoms with Crippen LogP contribution in [-0.4, -0.2) is 0 Å². The second-order valence-electron chi connectivity index (χ2n) is 12.0. The van der Waals surface area contributed by atoms with E-state index in [0.717, 1.165) is 55.3 Å². The molecule has 230 valence electrons. The van der Waals surface area contributed by atoms with E-state index >= 15 is 9.13 Å². The number of hydrogen-bond acceptors (Lipinski definition) is 4. The Balaban J connectivity index is 1.46. The van der Waals surface area contributed by atoms with Crippen molar-refractivity contribution in [3.8, 4) is 0 Å². The van der Waals surface area contributed by atoms with Crippen LogP contribution in [-0.2, 0) is 9.13 Å². The highest BCUT2D eigenvalue weighted by atomic mass is 31.2. The molecule has 4 nitrogen and oxygen atoms in total. The smallest absolute Gasteiger partial charge is 0.175 e. The molecule has 6 heteroatoms. The fourth-order valence-corrected chi connectivity index (χ4v) is 13.4. The van der Waals surface area contributed by atoms with E-state index in [1.807, 2.05) is 140 Å². The van der Waals surface area contributed by atoms with Crippen molar-refractivity contribution in [3.63, 3.8) is 0 Å². The van der Waals surface area contributed by atoms with Crippen LogP contribution in [0.3, 0.4) is 0 Å². The number of hydrogen-bond donors (Lipinski definition) is 0. The molecule has 2 heterocycles. The van der Waals surface area contributed by atoms with E-state index in [1.165, 1.54) is 0 Å². The lowest BCUT2D eigenvalue weighted by molar-refractivity contribution is 0.592. The fraction of sp³-hybridized carbons (Fsp3) is 0. The van der Waals surface area contributed by atoms with Gasteiger partial charge in [0.2, 0.25) is 0 Å². The third kappa shape index (κ3) is 4.10. The standard InChI is InChI=1S/C42H30N2O2P2/c45-47(33-21-9-3-10-22-33)39-27-15-13-25-35(39)43(31-17-5-1-6-18-31)37-29-38-42(30-41(37)47)48(46,34-23-11-4-12-24-34)40-28-16-14-26-36(40)44(38)32-19-7-2-8-20-32/h1-30H. The second-order valence-corrected chi connectivity index (χ2v) is 17.4. The van der Waals surface area contributed by atoms with Crippen molar-refractivity contribution in [2.24, 2.45) is 0 Å². The highest BCUT2D eigenvalue weighted by Gasteiger charge is 2.47. The van der Waals surface area contributed by atoms with Gasteiger partial charge in [0, 0.05) is 43.2 Å². The molecule has 2 aliphatic rings. The van der Waals surface area contributed by atoms with Gasteiger partial charge in [-0.25, -0.2) is 0 Å². The molecule has 7 aromatic carbocycles. The van der Waals surface area contributed by atoms with E-state index in [9.17, 15) is 0 Å². The summed E-state index contributed by atoms with van der Waals surface area (Å²) in [5.41, 5.74) is 5.28. The normalized spacial score (nSPS) is 19.1. The first-order valence-electron chi connectivity index (χ1n) is 16.0. The summed E-state index contributed by atoms with van der Waals surface area (Å²) in [6.07, 6.45) is 0. The maximum atomic E-state index is 16.2. The van der Waals surface area contributed by atoms with Crippen molar-refractivity contribution in [3.05, 3.63) is 182 Å². The van der Waals surface area contributed by atoms with Crippen LogP contribution in [0.5, 0.6) is 0 Å². The van der Waals surface area contributed by atoms with E-state index in [-0.39, 0.29) is 0 Å². The zero-order chi connectivity index (χ0) is 32.3. The summed E-state index contributed by atoms with van der Waals surface area (Å²) >= 11 is 0.